The van der Waals surface area contributed by atoms with Crippen LogP contribution in [0.4, 0.5) is 0 Å². The van der Waals surface area contributed by atoms with Gasteiger partial charge in [0.15, 0.2) is 4.96 Å². The molecule has 0 saturated heterocycles. The van der Waals surface area contributed by atoms with Gasteiger partial charge in [0.2, 0.25) is 0 Å². The first-order valence-electron chi connectivity index (χ1n) is 6.35. The molecule has 0 N–H and O–H groups in total. The van der Waals surface area contributed by atoms with Crippen molar-refractivity contribution in [1.29, 1.82) is 0 Å². The lowest BCUT2D eigenvalue weighted by Gasteiger charge is -1.99. The summed E-state index contributed by atoms with van der Waals surface area (Å²) in [6, 6.07) is 14.7. The van der Waals surface area contributed by atoms with Gasteiger partial charge < -0.3 is 0 Å². The van der Waals surface area contributed by atoms with Crippen LogP contribution in [0.5, 0.6) is 0 Å². The summed E-state index contributed by atoms with van der Waals surface area (Å²) in [6.45, 7) is 2.12. The second-order valence-electron chi connectivity index (χ2n) is 4.83. The third-order valence-corrected chi connectivity index (χ3v) is 5.11. The van der Waals surface area contributed by atoms with Gasteiger partial charge in [0.05, 0.1) is 15.9 Å². The van der Waals surface area contributed by atoms with E-state index in [1.54, 1.807) is 11.3 Å². The Balaban J connectivity index is 1.98. The van der Waals surface area contributed by atoms with Crippen molar-refractivity contribution in [2.75, 3.05) is 0 Å². The highest BCUT2D eigenvalue weighted by Gasteiger charge is 2.11. The van der Waals surface area contributed by atoms with Crippen LogP contribution >= 0.6 is 27.3 Å². The van der Waals surface area contributed by atoms with E-state index in [0.717, 1.165) is 20.7 Å². The van der Waals surface area contributed by atoms with Crippen LogP contribution in [0.2, 0.25) is 0 Å². The summed E-state index contributed by atoms with van der Waals surface area (Å²) in [4.78, 5) is 5.80. The normalized spacial score (nSPS) is 11.5. The SMILES string of the molecule is Cc1ccc2c(c1)sc1nc(-c3ccccc3Br)cn12. The van der Waals surface area contributed by atoms with Gasteiger partial charge in [-0.15, -0.1) is 0 Å². The fourth-order valence-electron chi connectivity index (χ4n) is 2.41. The van der Waals surface area contributed by atoms with Crippen molar-refractivity contribution < 1.29 is 0 Å². The molecule has 2 aromatic heterocycles. The Morgan fingerprint density at radius 2 is 2.00 bits per heavy atom. The summed E-state index contributed by atoms with van der Waals surface area (Å²) in [5, 5.41) is 0. The van der Waals surface area contributed by atoms with Gasteiger partial charge in [-0.1, -0.05) is 51.5 Å². The molecule has 0 spiro atoms. The molecule has 0 aliphatic heterocycles. The molecule has 4 aromatic rings. The zero-order valence-electron chi connectivity index (χ0n) is 10.8. The van der Waals surface area contributed by atoms with E-state index in [2.05, 4.69) is 57.7 Å². The number of nitrogens with zero attached hydrogens (tertiary/aromatic N) is 2. The van der Waals surface area contributed by atoms with Gasteiger partial charge in [-0.3, -0.25) is 4.40 Å². The van der Waals surface area contributed by atoms with E-state index in [1.165, 1.54) is 15.8 Å². The highest BCUT2D eigenvalue weighted by molar-refractivity contribution is 9.10. The van der Waals surface area contributed by atoms with Crippen molar-refractivity contribution in [3.63, 3.8) is 0 Å². The zero-order chi connectivity index (χ0) is 13.7. The Hall–Kier alpha value is -1.65. The lowest BCUT2D eigenvalue weighted by Crippen LogP contribution is -1.79. The molecule has 2 nitrogen and oxygen atoms in total. The fourth-order valence-corrected chi connectivity index (χ4v) is 4.00. The van der Waals surface area contributed by atoms with E-state index >= 15 is 0 Å². The molecule has 20 heavy (non-hydrogen) atoms. The van der Waals surface area contributed by atoms with Crippen molar-refractivity contribution in [1.82, 2.24) is 9.38 Å². The summed E-state index contributed by atoms with van der Waals surface area (Å²) in [5.41, 5.74) is 4.64. The van der Waals surface area contributed by atoms with Gasteiger partial charge in [-0.05, 0) is 30.7 Å². The maximum Gasteiger partial charge on any atom is 0.195 e. The Bertz CT molecular complexity index is 936. The molecule has 0 unspecified atom stereocenters. The number of fused-ring (bicyclic) bond motifs is 3. The van der Waals surface area contributed by atoms with Gasteiger partial charge >= 0.3 is 0 Å². The monoisotopic (exact) mass is 342 g/mol. The van der Waals surface area contributed by atoms with E-state index < -0.39 is 0 Å². The van der Waals surface area contributed by atoms with Gasteiger partial charge in [0, 0.05) is 16.2 Å². The van der Waals surface area contributed by atoms with Crippen LogP contribution < -0.4 is 0 Å². The first kappa shape index (κ1) is 12.1. The van der Waals surface area contributed by atoms with Crippen LogP contribution in [0, 0.1) is 6.92 Å². The van der Waals surface area contributed by atoms with Crippen LogP contribution in [0.25, 0.3) is 26.4 Å². The molecule has 4 rings (SSSR count). The molecule has 0 radical (unpaired) electrons. The largest absolute Gasteiger partial charge is 0.290 e. The quantitative estimate of drug-likeness (QED) is 0.459. The highest BCUT2D eigenvalue weighted by atomic mass is 79.9. The van der Waals surface area contributed by atoms with Crippen LogP contribution in [-0.2, 0) is 0 Å². The van der Waals surface area contributed by atoms with Gasteiger partial charge in [-0.25, -0.2) is 4.98 Å². The Morgan fingerprint density at radius 1 is 1.15 bits per heavy atom. The van der Waals surface area contributed by atoms with Crippen molar-refractivity contribution >= 4 is 42.4 Å². The maximum atomic E-state index is 4.76. The Labute approximate surface area is 128 Å². The van der Waals surface area contributed by atoms with E-state index in [1.807, 2.05) is 18.2 Å². The molecule has 0 aliphatic carbocycles. The number of aryl methyl sites for hydroxylation is 1. The second kappa shape index (κ2) is 4.43. The molecule has 0 amide bonds. The van der Waals surface area contributed by atoms with Crippen LogP contribution in [0.15, 0.2) is 53.1 Å². The minimum Gasteiger partial charge on any atom is -0.290 e. The lowest BCUT2D eigenvalue weighted by molar-refractivity contribution is 1.29. The van der Waals surface area contributed by atoms with E-state index in [0.29, 0.717) is 0 Å². The maximum absolute atomic E-state index is 4.76. The molecular formula is C16H11BrN2S. The number of aromatic nitrogens is 2. The summed E-state index contributed by atoms with van der Waals surface area (Å²) < 4.78 is 4.53. The second-order valence-corrected chi connectivity index (χ2v) is 6.70. The van der Waals surface area contributed by atoms with Crippen LogP contribution in [0.3, 0.4) is 0 Å². The summed E-state index contributed by atoms with van der Waals surface area (Å²) in [6.07, 6.45) is 2.11. The smallest absolute Gasteiger partial charge is 0.195 e. The first-order valence-corrected chi connectivity index (χ1v) is 7.96. The summed E-state index contributed by atoms with van der Waals surface area (Å²) in [7, 11) is 0. The molecule has 0 bridgehead atoms. The first-order chi connectivity index (χ1) is 9.72. The minimum atomic E-state index is 1.01. The number of rotatable bonds is 1. The van der Waals surface area contributed by atoms with E-state index in [4.69, 9.17) is 4.98 Å². The molecular weight excluding hydrogens is 332 g/mol. The zero-order valence-corrected chi connectivity index (χ0v) is 13.2. The Kier molecular flexibility index (Phi) is 2.69. The van der Waals surface area contributed by atoms with Gasteiger partial charge in [-0.2, -0.15) is 0 Å². The van der Waals surface area contributed by atoms with Gasteiger partial charge in [0.25, 0.3) is 0 Å². The molecule has 0 saturated carbocycles. The van der Waals surface area contributed by atoms with E-state index in [9.17, 15) is 0 Å². The molecule has 2 aromatic carbocycles. The number of thiazole rings is 1. The highest BCUT2D eigenvalue weighted by Crippen LogP contribution is 2.32. The number of imidazole rings is 1. The average Bonchev–Trinajstić information content (AvgIpc) is 2.96. The fraction of sp³-hybridized carbons (Fsp3) is 0.0625. The minimum absolute atomic E-state index is 1.01. The third-order valence-electron chi connectivity index (χ3n) is 3.40. The number of hydrogen-bond donors (Lipinski definition) is 0. The number of benzene rings is 2. The summed E-state index contributed by atoms with van der Waals surface area (Å²) in [5.74, 6) is 0. The van der Waals surface area contributed by atoms with Crippen molar-refractivity contribution in [3.8, 4) is 11.3 Å². The predicted molar refractivity (Wildman–Crippen MR) is 88.4 cm³/mol. The number of halogens is 1. The van der Waals surface area contributed by atoms with Crippen LogP contribution in [0.1, 0.15) is 5.56 Å². The Morgan fingerprint density at radius 3 is 2.85 bits per heavy atom. The molecule has 0 aliphatic rings. The molecule has 4 heteroatoms. The summed E-state index contributed by atoms with van der Waals surface area (Å²) >= 11 is 5.33. The lowest BCUT2D eigenvalue weighted by atomic mass is 10.2. The number of hydrogen-bond acceptors (Lipinski definition) is 2. The van der Waals surface area contributed by atoms with Gasteiger partial charge in [0.1, 0.15) is 0 Å². The topological polar surface area (TPSA) is 17.3 Å². The van der Waals surface area contributed by atoms with Crippen LogP contribution in [-0.4, -0.2) is 9.38 Å². The third kappa shape index (κ3) is 1.79. The average molecular weight is 343 g/mol. The molecule has 2 heterocycles. The predicted octanol–water partition coefficient (Wildman–Crippen LogP) is 5.29. The van der Waals surface area contributed by atoms with Crippen molar-refractivity contribution in [2.45, 2.75) is 6.92 Å². The van der Waals surface area contributed by atoms with Crippen molar-refractivity contribution in [2.24, 2.45) is 0 Å². The molecule has 98 valence electrons. The van der Waals surface area contributed by atoms with Crippen molar-refractivity contribution in [3.05, 3.63) is 58.7 Å². The standard InChI is InChI=1S/C16H11BrN2S/c1-10-6-7-14-15(8-10)20-16-18-13(9-19(14)16)11-4-2-3-5-12(11)17/h2-9H,1H3. The molecule has 0 fully saturated rings. The van der Waals surface area contributed by atoms with E-state index in [-0.39, 0.29) is 0 Å². The molecule has 0 atom stereocenters.